The molecule has 20 heavy (non-hydrogen) atoms. The Kier molecular flexibility index (Phi) is 4.54. The van der Waals surface area contributed by atoms with Crippen molar-refractivity contribution in [1.82, 2.24) is 0 Å². The lowest BCUT2D eigenvalue weighted by Gasteiger charge is -2.32. The summed E-state index contributed by atoms with van der Waals surface area (Å²) in [5, 5.41) is 0.697. The number of hydrogen-bond donors (Lipinski definition) is 0. The first-order valence-corrected chi connectivity index (χ1v) is 7.46. The van der Waals surface area contributed by atoms with E-state index in [1.165, 1.54) is 0 Å². The second kappa shape index (κ2) is 6.01. The summed E-state index contributed by atoms with van der Waals surface area (Å²) in [4.78, 5) is 12.2. The van der Waals surface area contributed by atoms with Crippen molar-refractivity contribution in [3.8, 4) is 0 Å². The number of carbonyl (C=O) groups excluding carboxylic acids is 1. The van der Waals surface area contributed by atoms with Crippen molar-refractivity contribution in [2.75, 3.05) is 6.61 Å². The van der Waals surface area contributed by atoms with E-state index in [-0.39, 0.29) is 11.4 Å². The first kappa shape index (κ1) is 15.1. The Labute approximate surface area is 125 Å². The smallest absolute Gasteiger partial charge is 0.334 e. The van der Waals surface area contributed by atoms with Crippen LogP contribution in [0.15, 0.2) is 29.8 Å². The number of ether oxygens (including phenoxy) is 1. The van der Waals surface area contributed by atoms with E-state index in [1.807, 2.05) is 31.2 Å². The van der Waals surface area contributed by atoms with Crippen LogP contribution in [0.5, 0.6) is 0 Å². The van der Waals surface area contributed by atoms with Crippen LogP contribution >= 0.6 is 11.6 Å². The molecule has 0 heterocycles. The summed E-state index contributed by atoms with van der Waals surface area (Å²) in [5.74, 6) is -0.185. The summed E-state index contributed by atoms with van der Waals surface area (Å²) in [6, 6.07) is 7.71. The lowest BCUT2D eigenvalue weighted by atomic mass is 9.73. The lowest BCUT2D eigenvalue weighted by molar-refractivity contribution is -0.139. The molecule has 2 rings (SSSR count). The molecule has 0 N–H and O–H groups in total. The van der Waals surface area contributed by atoms with Crippen LogP contribution < -0.4 is 0 Å². The maximum atomic E-state index is 12.2. The second-order valence-corrected chi connectivity index (χ2v) is 6.47. The third-order valence-electron chi connectivity index (χ3n) is 3.77. The van der Waals surface area contributed by atoms with Gasteiger partial charge in [0.1, 0.15) is 0 Å². The summed E-state index contributed by atoms with van der Waals surface area (Å²) >= 11 is 6.07. The fourth-order valence-corrected chi connectivity index (χ4v) is 2.89. The van der Waals surface area contributed by atoms with Gasteiger partial charge in [0.05, 0.1) is 6.61 Å². The van der Waals surface area contributed by atoms with Gasteiger partial charge < -0.3 is 4.74 Å². The number of allylic oxidation sites excluding steroid dienone is 1. The molecular formula is C17H21ClO2. The Hall–Kier alpha value is -1.28. The van der Waals surface area contributed by atoms with Crippen molar-refractivity contribution in [2.45, 2.75) is 40.0 Å². The van der Waals surface area contributed by atoms with Crippen molar-refractivity contribution < 1.29 is 9.53 Å². The molecule has 2 nitrogen and oxygen atoms in total. The zero-order valence-electron chi connectivity index (χ0n) is 12.3. The van der Waals surface area contributed by atoms with Crippen molar-refractivity contribution in [3.05, 3.63) is 40.4 Å². The van der Waals surface area contributed by atoms with Crippen molar-refractivity contribution in [2.24, 2.45) is 5.41 Å². The van der Waals surface area contributed by atoms with Gasteiger partial charge >= 0.3 is 5.97 Å². The average Bonchev–Trinajstić information content (AvgIpc) is 2.38. The number of rotatable bonds is 3. The highest BCUT2D eigenvalue weighted by Crippen LogP contribution is 2.43. The molecule has 1 aromatic rings. The van der Waals surface area contributed by atoms with Gasteiger partial charge in [0, 0.05) is 10.6 Å². The molecule has 0 unspecified atom stereocenters. The predicted molar refractivity (Wildman–Crippen MR) is 82.6 cm³/mol. The van der Waals surface area contributed by atoms with Crippen LogP contribution in [-0.2, 0) is 9.53 Å². The van der Waals surface area contributed by atoms with E-state index < -0.39 is 0 Å². The van der Waals surface area contributed by atoms with Gasteiger partial charge in [-0.2, -0.15) is 0 Å². The number of esters is 1. The minimum absolute atomic E-state index is 0.143. The van der Waals surface area contributed by atoms with E-state index in [9.17, 15) is 4.79 Å². The SMILES string of the molecule is CCOC(=O)C1=C(c2cccc(Cl)c2)CCC(C)(C)C1. The molecule has 0 spiro atoms. The molecule has 0 saturated carbocycles. The normalized spacial score (nSPS) is 18.0. The minimum Gasteiger partial charge on any atom is -0.463 e. The largest absolute Gasteiger partial charge is 0.463 e. The topological polar surface area (TPSA) is 26.3 Å². The van der Waals surface area contributed by atoms with Crippen molar-refractivity contribution in [1.29, 1.82) is 0 Å². The second-order valence-electron chi connectivity index (χ2n) is 6.03. The molecule has 1 aliphatic carbocycles. The minimum atomic E-state index is -0.185. The van der Waals surface area contributed by atoms with E-state index in [1.54, 1.807) is 0 Å². The van der Waals surface area contributed by atoms with Gasteiger partial charge in [0.2, 0.25) is 0 Å². The number of halogens is 1. The number of benzene rings is 1. The van der Waals surface area contributed by atoms with Gasteiger partial charge in [0.15, 0.2) is 0 Å². The van der Waals surface area contributed by atoms with Crippen LogP contribution in [-0.4, -0.2) is 12.6 Å². The van der Waals surface area contributed by atoms with E-state index in [0.717, 1.165) is 36.0 Å². The maximum absolute atomic E-state index is 12.2. The van der Waals surface area contributed by atoms with Gasteiger partial charge in [0.25, 0.3) is 0 Å². The summed E-state index contributed by atoms with van der Waals surface area (Å²) in [6.07, 6.45) is 2.72. The summed E-state index contributed by atoms with van der Waals surface area (Å²) < 4.78 is 5.23. The molecule has 0 aromatic heterocycles. The molecule has 1 aromatic carbocycles. The van der Waals surface area contributed by atoms with Crippen LogP contribution in [0.2, 0.25) is 5.02 Å². The molecule has 0 saturated heterocycles. The van der Waals surface area contributed by atoms with Gasteiger partial charge in [-0.25, -0.2) is 4.79 Å². The monoisotopic (exact) mass is 292 g/mol. The third kappa shape index (κ3) is 3.43. The molecule has 0 bridgehead atoms. The predicted octanol–water partition coefficient (Wildman–Crippen LogP) is 4.87. The molecule has 108 valence electrons. The third-order valence-corrected chi connectivity index (χ3v) is 4.00. The zero-order valence-corrected chi connectivity index (χ0v) is 13.1. The van der Waals surface area contributed by atoms with Crippen LogP contribution in [0.3, 0.4) is 0 Å². The van der Waals surface area contributed by atoms with Gasteiger partial charge in [-0.15, -0.1) is 0 Å². The quantitative estimate of drug-likeness (QED) is 0.743. The van der Waals surface area contributed by atoms with E-state index in [4.69, 9.17) is 16.3 Å². The summed E-state index contributed by atoms with van der Waals surface area (Å²) in [7, 11) is 0. The Bertz CT molecular complexity index is 544. The van der Waals surface area contributed by atoms with Crippen molar-refractivity contribution in [3.63, 3.8) is 0 Å². The van der Waals surface area contributed by atoms with Gasteiger partial charge in [-0.1, -0.05) is 37.6 Å². The number of carbonyl (C=O) groups is 1. The van der Waals surface area contributed by atoms with Crippen LogP contribution in [0, 0.1) is 5.41 Å². The highest BCUT2D eigenvalue weighted by molar-refractivity contribution is 6.30. The van der Waals surface area contributed by atoms with Gasteiger partial charge in [-0.3, -0.25) is 0 Å². The van der Waals surface area contributed by atoms with E-state index >= 15 is 0 Å². The number of hydrogen-bond acceptors (Lipinski definition) is 2. The summed E-state index contributed by atoms with van der Waals surface area (Å²) in [5.41, 5.74) is 3.08. The Morgan fingerprint density at radius 2 is 2.15 bits per heavy atom. The molecule has 0 radical (unpaired) electrons. The average molecular weight is 293 g/mol. The fourth-order valence-electron chi connectivity index (χ4n) is 2.70. The molecule has 0 aliphatic heterocycles. The highest BCUT2D eigenvalue weighted by atomic mass is 35.5. The van der Waals surface area contributed by atoms with Gasteiger partial charge in [-0.05, 0) is 54.9 Å². The van der Waals surface area contributed by atoms with E-state index in [0.29, 0.717) is 11.6 Å². The summed E-state index contributed by atoms with van der Waals surface area (Å²) in [6.45, 7) is 6.64. The first-order chi connectivity index (χ1) is 9.43. The Morgan fingerprint density at radius 1 is 1.40 bits per heavy atom. The maximum Gasteiger partial charge on any atom is 0.334 e. The lowest BCUT2D eigenvalue weighted by Crippen LogP contribution is -2.23. The van der Waals surface area contributed by atoms with Crippen LogP contribution in [0.1, 0.15) is 45.6 Å². The molecular weight excluding hydrogens is 272 g/mol. The zero-order chi connectivity index (χ0) is 14.8. The molecule has 0 amide bonds. The fraction of sp³-hybridized carbons (Fsp3) is 0.471. The Morgan fingerprint density at radius 3 is 2.80 bits per heavy atom. The molecule has 0 fully saturated rings. The molecule has 0 atom stereocenters. The van der Waals surface area contributed by atoms with Crippen molar-refractivity contribution >= 4 is 23.1 Å². The molecule has 1 aliphatic rings. The highest BCUT2D eigenvalue weighted by Gasteiger charge is 2.31. The van der Waals surface area contributed by atoms with Crippen LogP contribution in [0.25, 0.3) is 5.57 Å². The standard InChI is InChI=1S/C17H21ClO2/c1-4-20-16(19)15-11-17(2,3)9-8-14(15)12-6-5-7-13(18)10-12/h5-7,10H,4,8-9,11H2,1-3H3. The first-order valence-electron chi connectivity index (χ1n) is 7.08. The van der Waals surface area contributed by atoms with E-state index in [2.05, 4.69) is 13.8 Å². The molecule has 3 heteroatoms. The Balaban J connectivity index is 2.45. The van der Waals surface area contributed by atoms with Crippen LogP contribution in [0.4, 0.5) is 0 Å².